The number of nitrogens with zero attached hydrogens (tertiary/aromatic N) is 4. The third-order valence-corrected chi connectivity index (χ3v) is 6.12. The SMILES string of the molecule is COc1cc(OC)cc(C(=O)N2CCc3nc(C)nc(N4CCC(C)CC4)c3C2)c1. The maximum atomic E-state index is 13.3. The third kappa shape index (κ3) is 4.06. The lowest BCUT2D eigenvalue weighted by Gasteiger charge is -2.36. The second-order valence-corrected chi connectivity index (χ2v) is 8.27. The Kier molecular flexibility index (Phi) is 5.79. The van der Waals surface area contributed by atoms with Gasteiger partial charge in [-0.3, -0.25) is 4.79 Å². The first-order valence-electron chi connectivity index (χ1n) is 10.6. The lowest BCUT2D eigenvalue weighted by atomic mass is 9.98. The Balaban J connectivity index is 1.62. The molecule has 0 unspecified atom stereocenters. The van der Waals surface area contributed by atoms with Gasteiger partial charge in [0.25, 0.3) is 5.91 Å². The van der Waals surface area contributed by atoms with E-state index in [1.165, 1.54) is 12.8 Å². The minimum absolute atomic E-state index is 0.0309. The van der Waals surface area contributed by atoms with E-state index in [0.29, 0.717) is 30.2 Å². The summed E-state index contributed by atoms with van der Waals surface area (Å²) in [5.74, 6) is 3.75. The predicted molar refractivity (Wildman–Crippen MR) is 115 cm³/mol. The van der Waals surface area contributed by atoms with Crippen LogP contribution in [0.4, 0.5) is 5.82 Å². The Hall–Kier alpha value is -2.83. The Bertz CT molecular complexity index is 916. The zero-order valence-corrected chi connectivity index (χ0v) is 18.3. The lowest BCUT2D eigenvalue weighted by Crippen LogP contribution is -2.40. The number of anilines is 1. The van der Waals surface area contributed by atoms with Gasteiger partial charge in [0.1, 0.15) is 23.1 Å². The smallest absolute Gasteiger partial charge is 0.254 e. The van der Waals surface area contributed by atoms with Crippen LogP contribution < -0.4 is 14.4 Å². The van der Waals surface area contributed by atoms with Gasteiger partial charge in [-0.1, -0.05) is 6.92 Å². The lowest BCUT2D eigenvalue weighted by molar-refractivity contribution is 0.0732. The molecular formula is C23H30N4O3. The molecule has 0 atom stereocenters. The normalized spacial score (nSPS) is 16.9. The first-order chi connectivity index (χ1) is 14.5. The van der Waals surface area contributed by atoms with E-state index in [1.54, 1.807) is 32.4 Å². The first kappa shape index (κ1) is 20.4. The largest absolute Gasteiger partial charge is 0.497 e. The molecule has 4 rings (SSSR count). The Labute approximate surface area is 178 Å². The van der Waals surface area contributed by atoms with Crippen LogP contribution in [0.15, 0.2) is 18.2 Å². The summed E-state index contributed by atoms with van der Waals surface area (Å²) in [4.78, 5) is 27.0. The number of aryl methyl sites for hydroxylation is 1. The van der Waals surface area contributed by atoms with Crippen molar-refractivity contribution in [2.24, 2.45) is 5.92 Å². The molecule has 160 valence electrons. The van der Waals surface area contributed by atoms with E-state index in [-0.39, 0.29) is 5.91 Å². The highest BCUT2D eigenvalue weighted by molar-refractivity contribution is 5.95. The van der Waals surface area contributed by atoms with E-state index >= 15 is 0 Å². The molecule has 2 aliphatic rings. The van der Waals surface area contributed by atoms with Gasteiger partial charge in [-0.2, -0.15) is 0 Å². The standard InChI is InChI=1S/C23H30N4O3/c1-15-5-8-26(9-6-15)22-20-14-27(10-7-21(20)24-16(2)25-22)23(28)17-11-18(29-3)13-19(12-17)30-4/h11-13,15H,5-10,14H2,1-4H3. The van der Waals surface area contributed by atoms with Crippen molar-refractivity contribution < 1.29 is 14.3 Å². The van der Waals surface area contributed by atoms with Crippen molar-refractivity contribution in [3.63, 3.8) is 0 Å². The molecule has 1 aromatic heterocycles. The van der Waals surface area contributed by atoms with Gasteiger partial charge in [0.15, 0.2) is 0 Å². The monoisotopic (exact) mass is 410 g/mol. The quantitative estimate of drug-likeness (QED) is 0.771. The number of rotatable bonds is 4. The number of fused-ring (bicyclic) bond motifs is 1. The molecule has 1 aromatic carbocycles. The summed E-state index contributed by atoms with van der Waals surface area (Å²) in [7, 11) is 3.18. The maximum absolute atomic E-state index is 13.3. The summed E-state index contributed by atoms with van der Waals surface area (Å²) in [6.07, 6.45) is 3.08. The zero-order chi connectivity index (χ0) is 21.3. The van der Waals surface area contributed by atoms with Gasteiger partial charge >= 0.3 is 0 Å². The molecule has 7 heteroatoms. The second kappa shape index (κ2) is 8.50. The summed E-state index contributed by atoms with van der Waals surface area (Å²) in [6.45, 7) is 7.43. The van der Waals surface area contributed by atoms with E-state index in [4.69, 9.17) is 14.5 Å². The van der Waals surface area contributed by atoms with E-state index in [9.17, 15) is 4.79 Å². The van der Waals surface area contributed by atoms with Crippen LogP contribution in [-0.2, 0) is 13.0 Å². The summed E-state index contributed by atoms with van der Waals surface area (Å²) >= 11 is 0. The van der Waals surface area contributed by atoms with Crippen molar-refractivity contribution in [1.29, 1.82) is 0 Å². The van der Waals surface area contributed by atoms with Crippen molar-refractivity contribution in [2.75, 3.05) is 38.8 Å². The number of aromatic nitrogens is 2. The average Bonchev–Trinajstić information content (AvgIpc) is 2.77. The number of carbonyl (C=O) groups excluding carboxylic acids is 1. The molecule has 0 N–H and O–H groups in total. The highest BCUT2D eigenvalue weighted by Crippen LogP contribution is 2.31. The molecule has 0 bridgehead atoms. The van der Waals surface area contributed by atoms with Crippen molar-refractivity contribution in [3.8, 4) is 11.5 Å². The molecule has 0 radical (unpaired) electrons. The van der Waals surface area contributed by atoms with Crippen LogP contribution >= 0.6 is 0 Å². The summed E-state index contributed by atoms with van der Waals surface area (Å²) < 4.78 is 10.7. The highest BCUT2D eigenvalue weighted by atomic mass is 16.5. The van der Waals surface area contributed by atoms with Gasteiger partial charge in [0.2, 0.25) is 0 Å². The van der Waals surface area contributed by atoms with Crippen molar-refractivity contribution in [1.82, 2.24) is 14.9 Å². The highest BCUT2D eigenvalue weighted by Gasteiger charge is 2.29. The fraction of sp³-hybridized carbons (Fsp3) is 0.522. The molecule has 0 spiro atoms. The predicted octanol–water partition coefficient (Wildman–Crippen LogP) is 3.24. The number of carbonyl (C=O) groups is 1. The van der Waals surface area contributed by atoms with Crippen LogP contribution in [0.25, 0.3) is 0 Å². The fourth-order valence-corrected chi connectivity index (χ4v) is 4.29. The number of hydrogen-bond donors (Lipinski definition) is 0. The molecule has 1 fully saturated rings. The minimum Gasteiger partial charge on any atom is -0.497 e. The van der Waals surface area contributed by atoms with E-state index in [0.717, 1.165) is 48.3 Å². The van der Waals surface area contributed by atoms with Gasteiger partial charge in [0, 0.05) is 43.2 Å². The molecule has 30 heavy (non-hydrogen) atoms. The molecule has 7 nitrogen and oxygen atoms in total. The van der Waals surface area contributed by atoms with Crippen LogP contribution in [0.3, 0.4) is 0 Å². The van der Waals surface area contributed by atoms with Crippen LogP contribution in [-0.4, -0.2) is 54.6 Å². The van der Waals surface area contributed by atoms with Crippen LogP contribution in [0.5, 0.6) is 11.5 Å². The summed E-state index contributed by atoms with van der Waals surface area (Å²) in [6, 6.07) is 5.30. The number of amides is 1. The van der Waals surface area contributed by atoms with Crippen molar-refractivity contribution in [2.45, 2.75) is 39.7 Å². The second-order valence-electron chi connectivity index (χ2n) is 8.27. The Morgan fingerprint density at radius 2 is 1.70 bits per heavy atom. The van der Waals surface area contributed by atoms with Crippen molar-refractivity contribution in [3.05, 3.63) is 40.8 Å². The van der Waals surface area contributed by atoms with Gasteiger partial charge in [-0.15, -0.1) is 0 Å². The third-order valence-electron chi connectivity index (χ3n) is 6.12. The number of hydrogen-bond acceptors (Lipinski definition) is 6. The number of ether oxygens (including phenoxy) is 2. The zero-order valence-electron chi connectivity index (χ0n) is 18.3. The fourth-order valence-electron chi connectivity index (χ4n) is 4.29. The minimum atomic E-state index is -0.0309. The topological polar surface area (TPSA) is 67.8 Å². The first-order valence-corrected chi connectivity index (χ1v) is 10.6. The number of benzene rings is 1. The van der Waals surface area contributed by atoms with Gasteiger partial charge in [0.05, 0.1) is 26.5 Å². The molecule has 0 saturated carbocycles. The molecule has 0 aliphatic carbocycles. The van der Waals surface area contributed by atoms with Crippen LogP contribution in [0.2, 0.25) is 0 Å². The Morgan fingerprint density at radius 3 is 2.33 bits per heavy atom. The Morgan fingerprint density at radius 1 is 1.03 bits per heavy atom. The summed E-state index contributed by atoms with van der Waals surface area (Å²) in [5.41, 5.74) is 2.73. The van der Waals surface area contributed by atoms with Crippen LogP contribution in [0, 0.1) is 12.8 Å². The summed E-state index contributed by atoms with van der Waals surface area (Å²) in [5, 5.41) is 0. The molecule has 1 amide bonds. The van der Waals surface area contributed by atoms with E-state index < -0.39 is 0 Å². The molecule has 2 aliphatic heterocycles. The average molecular weight is 411 g/mol. The molecular weight excluding hydrogens is 380 g/mol. The molecule has 3 heterocycles. The van der Waals surface area contributed by atoms with E-state index in [1.807, 2.05) is 11.8 Å². The number of piperidine rings is 1. The number of methoxy groups -OCH3 is 2. The van der Waals surface area contributed by atoms with Gasteiger partial charge < -0.3 is 19.3 Å². The molecule has 1 saturated heterocycles. The van der Waals surface area contributed by atoms with E-state index in [2.05, 4.69) is 16.8 Å². The molecule has 2 aromatic rings. The van der Waals surface area contributed by atoms with Crippen LogP contribution in [0.1, 0.15) is 47.2 Å². The van der Waals surface area contributed by atoms with Crippen molar-refractivity contribution >= 4 is 11.7 Å². The maximum Gasteiger partial charge on any atom is 0.254 e. The van der Waals surface area contributed by atoms with Gasteiger partial charge in [-0.05, 0) is 37.8 Å². The van der Waals surface area contributed by atoms with Gasteiger partial charge in [-0.25, -0.2) is 9.97 Å².